The van der Waals surface area contributed by atoms with Crippen molar-refractivity contribution >= 4 is 15.4 Å². The van der Waals surface area contributed by atoms with Gasteiger partial charge in [0.05, 0.1) is 0 Å². The van der Waals surface area contributed by atoms with E-state index in [0.717, 1.165) is 6.42 Å². The molecule has 0 amide bonds. The summed E-state index contributed by atoms with van der Waals surface area (Å²) in [6.45, 7) is 22.1. The van der Waals surface area contributed by atoms with Gasteiger partial charge in [0.1, 0.15) is 0 Å². The molecule has 0 aliphatic heterocycles. The van der Waals surface area contributed by atoms with Crippen LogP contribution in [0, 0.1) is 38.5 Å². The molecule has 0 saturated carbocycles. The van der Waals surface area contributed by atoms with Gasteiger partial charge in [-0.3, -0.25) is 12.2 Å². The Morgan fingerprint density at radius 1 is 0.744 bits per heavy atom. The molecule has 224 valence electrons. The predicted molar refractivity (Wildman–Crippen MR) is 186 cm³/mol. The quantitative estimate of drug-likeness (QED) is 0.167. The van der Waals surface area contributed by atoms with Gasteiger partial charge in [0.2, 0.25) is 0 Å². The van der Waals surface area contributed by atoms with E-state index >= 15 is 0 Å². The van der Waals surface area contributed by atoms with Crippen LogP contribution in [0.4, 0.5) is 0 Å². The minimum absolute atomic E-state index is 0. The van der Waals surface area contributed by atoms with Crippen molar-refractivity contribution < 1.29 is 24.2 Å². The molecule has 0 aromatic heterocycles. The molecule has 3 aromatic carbocycles. The summed E-state index contributed by atoms with van der Waals surface area (Å²) in [7, 11) is 0. The second-order valence-corrected chi connectivity index (χ2v) is 13.2. The number of rotatable bonds is 0. The van der Waals surface area contributed by atoms with E-state index in [4.69, 9.17) is 0 Å². The van der Waals surface area contributed by atoms with E-state index < -0.39 is 0 Å². The monoisotopic (exact) mass is 642 g/mol. The number of hydrogen-bond donors (Lipinski definition) is 0. The van der Waals surface area contributed by atoms with E-state index in [9.17, 15) is 0 Å². The molecular weight excluding hydrogens is 596 g/mol. The van der Waals surface area contributed by atoms with Crippen LogP contribution in [-0.2, 0) is 41.5 Å². The zero-order chi connectivity index (χ0) is 31.0. The minimum Gasteiger partial charge on any atom is -0.358 e. The van der Waals surface area contributed by atoms with Gasteiger partial charge in [-0.05, 0) is 58.4 Å². The van der Waals surface area contributed by atoms with Crippen LogP contribution in [0.5, 0.6) is 0 Å². The van der Waals surface area contributed by atoms with Crippen molar-refractivity contribution in [2.75, 3.05) is 0 Å². The Labute approximate surface area is 278 Å². The van der Waals surface area contributed by atoms with Crippen molar-refractivity contribution in [3.8, 4) is 11.1 Å². The molecule has 4 aliphatic rings. The first-order valence-corrected chi connectivity index (χ1v) is 16.7. The zero-order valence-electron chi connectivity index (χ0n) is 28.3. The Hall–Kier alpha value is -2.63. The van der Waals surface area contributed by atoms with E-state index in [1.54, 1.807) is 0 Å². The van der Waals surface area contributed by atoms with Crippen LogP contribution in [0.3, 0.4) is 0 Å². The fourth-order valence-electron chi connectivity index (χ4n) is 6.74. The smallest absolute Gasteiger partial charge is 0.358 e. The zero-order valence-corrected chi connectivity index (χ0v) is 30.7. The number of benzene rings is 3. The molecule has 43 heavy (non-hydrogen) atoms. The summed E-state index contributed by atoms with van der Waals surface area (Å²) in [5.74, 6) is 0.551. The molecule has 0 spiro atoms. The van der Waals surface area contributed by atoms with E-state index in [1.165, 1.54) is 96.6 Å². The molecule has 7 rings (SSSR count). The van der Waals surface area contributed by atoms with E-state index in [-0.39, 0.29) is 18.3 Å². The van der Waals surface area contributed by atoms with E-state index in [2.05, 4.69) is 128 Å². The average Bonchev–Trinajstić information content (AvgIpc) is 3.58. The number of hydrogen-bond acceptors (Lipinski definition) is 0. The van der Waals surface area contributed by atoms with Crippen molar-refractivity contribution in [3.63, 3.8) is 0 Å². The number of aryl methyl sites for hydroxylation is 1. The SMILES string of the molecule is CC1=[C-]C(C)(C)c2cc3c(cc21)-c1cc2c(cc1C3)C(C)(C)C=C2C.CC1=[C-]C(C)C=C1C.Cc1cc[c-]cc1.[CH2]=[Zr].[CH3-]. The third-order valence-electron chi connectivity index (χ3n) is 8.85. The van der Waals surface area contributed by atoms with Crippen molar-refractivity contribution in [2.45, 2.75) is 86.5 Å². The largest absolute Gasteiger partial charge is 0.358 e. The molecule has 3 aromatic rings. The molecule has 0 heterocycles. The Balaban J connectivity index is 0.000000232. The maximum Gasteiger partial charge on any atom is -0.358 e. The van der Waals surface area contributed by atoms with Gasteiger partial charge in [-0.25, -0.2) is 16.7 Å². The minimum atomic E-state index is 0. The Bertz CT molecular complexity index is 1520. The first kappa shape index (κ1) is 34.9. The molecule has 0 bridgehead atoms. The third kappa shape index (κ3) is 7.20. The van der Waals surface area contributed by atoms with Crippen LogP contribution in [0.1, 0.15) is 101 Å². The first-order valence-electron chi connectivity index (χ1n) is 15.0. The van der Waals surface area contributed by atoms with Crippen LogP contribution in [0.15, 0.2) is 71.8 Å². The van der Waals surface area contributed by atoms with Crippen LogP contribution in [0.2, 0.25) is 0 Å². The molecule has 0 N–H and O–H groups in total. The van der Waals surface area contributed by atoms with Gasteiger partial charge < -0.3 is 7.43 Å². The van der Waals surface area contributed by atoms with Gasteiger partial charge in [0.25, 0.3) is 0 Å². The summed E-state index contributed by atoms with van der Waals surface area (Å²) in [5.41, 5.74) is 18.5. The molecular formula is C42H48Zr-4. The molecule has 0 radical (unpaired) electrons. The Morgan fingerprint density at radius 3 is 1.77 bits per heavy atom. The summed E-state index contributed by atoms with van der Waals surface area (Å²) < 4.78 is 3.34. The van der Waals surface area contributed by atoms with Crippen LogP contribution in [-0.4, -0.2) is 4.21 Å². The van der Waals surface area contributed by atoms with Gasteiger partial charge in [-0.2, -0.15) is 47.5 Å². The van der Waals surface area contributed by atoms with Crippen molar-refractivity contribution in [1.82, 2.24) is 0 Å². The predicted octanol–water partition coefficient (Wildman–Crippen LogP) is 11.0. The Morgan fingerprint density at radius 2 is 1.30 bits per heavy atom. The van der Waals surface area contributed by atoms with Gasteiger partial charge in [0, 0.05) is 5.41 Å². The molecule has 1 atom stereocenters. The normalized spacial score (nSPS) is 18.6. The van der Waals surface area contributed by atoms with Gasteiger partial charge in [-0.15, -0.1) is 18.6 Å². The van der Waals surface area contributed by atoms with Gasteiger partial charge in [-0.1, -0.05) is 84.9 Å². The molecule has 1 unspecified atom stereocenters. The summed E-state index contributed by atoms with van der Waals surface area (Å²) in [6.07, 6.45) is 12.7. The topological polar surface area (TPSA) is 0 Å². The second kappa shape index (κ2) is 13.6. The first-order chi connectivity index (χ1) is 19.8. The number of fused-ring (bicyclic) bond motifs is 5. The maximum atomic E-state index is 3.65. The van der Waals surface area contributed by atoms with Gasteiger partial charge in [0.15, 0.2) is 0 Å². The van der Waals surface area contributed by atoms with E-state index in [0.29, 0.717) is 5.92 Å². The van der Waals surface area contributed by atoms with Crippen LogP contribution >= 0.6 is 0 Å². The molecule has 0 nitrogen and oxygen atoms in total. The van der Waals surface area contributed by atoms with Crippen LogP contribution < -0.4 is 0 Å². The summed E-state index contributed by atoms with van der Waals surface area (Å²) >= 11 is 1.30. The van der Waals surface area contributed by atoms with Crippen molar-refractivity contribution in [3.05, 3.63) is 136 Å². The molecule has 0 fully saturated rings. The fraction of sp³-hybridized carbons (Fsp3) is 0.333. The molecule has 1 heteroatoms. The molecule has 4 aliphatic carbocycles. The fourth-order valence-corrected chi connectivity index (χ4v) is 6.74. The standard InChI is InChI=1S/C25H25.C8H11.C7H7.CH3.CH2.Zr/c1-14-12-24(3,4)22-8-16-7-17-9-23-19(15(2)13-25(23,5)6)11-21(17)20(16)10-18(14)22;1-6-4-7(2)8(3)5-6;1-7-5-3-2-4-6-7;;;/h8-12H,7H2,1-6H3;4,6H,1-3H3;3-6H,1H3;1H3;1H2;/q4*-1;;. The van der Waals surface area contributed by atoms with Crippen molar-refractivity contribution in [1.29, 1.82) is 0 Å². The second-order valence-electron chi connectivity index (χ2n) is 13.2. The summed E-state index contributed by atoms with van der Waals surface area (Å²) in [6, 6.07) is 20.6. The third-order valence-corrected chi connectivity index (χ3v) is 8.85. The molecule has 0 saturated heterocycles. The maximum absolute atomic E-state index is 3.65. The van der Waals surface area contributed by atoms with Gasteiger partial charge >= 0.3 is 28.4 Å². The Kier molecular flexibility index (Phi) is 11.0. The summed E-state index contributed by atoms with van der Waals surface area (Å²) in [5, 5.41) is 0. The van der Waals surface area contributed by atoms with Crippen molar-refractivity contribution in [2.24, 2.45) is 5.92 Å². The number of allylic oxidation sites excluding steroid dienone is 8. The summed E-state index contributed by atoms with van der Waals surface area (Å²) in [4.78, 5) is 0. The average molecular weight is 644 g/mol. The van der Waals surface area contributed by atoms with Crippen LogP contribution in [0.25, 0.3) is 22.3 Å². The van der Waals surface area contributed by atoms with E-state index in [1.807, 2.05) is 24.3 Å².